The van der Waals surface area contributed by atoms with Gasteiger partial charge in [0.1, 0.15) is 5.82 Å². The van der Waals surface area contributed by atoms with E-state index < -0.39 is 11.7 Å². The van der Waals surface area contributed by atoms with Crippen molar-refractivity contribution in [3.8, 4) is 11.3 Å². The number of nitrogens with one attached hydrogen (secondary N) is 2. The Kier molecular flexibility index (Phi) is 5.59. The number of hydrogen-bond donors (Lipinski definition) is 2. The van der Waals surface area contributed by atoms with Gasteiger partial charge >= 0.3 is 6.18 Å². The molecule has 5 nitrogen and oxygen atoms in total. The van der Waals surface area contributed by atoms with E-state index in [0.29, 0.717) is 24.0 Å². The minimum atomic E-state index is -4.46. The summed E-state index contributed by atoms with van der Waals surface area (Å²) in [6.07, 6.45) is -1.16. The zero-order chi connectivity index (χ0) is 19.4. The van der Waals surface area contributed by atoms with E-state index in [1.54, 1.807) is 24.5 Å². The number of halogens is 4. The Morgan fingerprint density at radius 1 is 1.11 bits per heavy atom. The van der Waals surface area contributed by atoms with Crippen LogP contribution in [0.4, 0.5) is 30.6 Å². The third kappa shape index (κ3) is 4.73. The number of hydrogen-bond acceptors (Lipinski definition) is 5. The minimum absolute atomic E-state index is 0.0207. The van der Waals surface area contributed by atoms with Crippen molar-refractivity contribution in [1.29, 1.82) is 0 Å². The van der Waals surface area contributed by atoms with Gasteiger partial charge in [-0.15, -0.1) is 0 Å². The molecular weight excluding hydrogens is 423 g/mol. The summed E-state index contributed by atoms with van der Waals surface area (Å²) in [5.41, 5.74) is 0.878. The number of nitrogens with zero attached hydrogens (tertiary/aromatic N) is 3. The maximum absolute atomic E-state index is 13.1. The Hall–Kier alpha value is -2.68. The number of aromatic nitrogens is 3. The molecule has 0 saturated heterocycles. The van der Waals surface area contributed by atoms with Crippen molar-refractivity contribution in [3.05, 3.63) is 58.8 Å². The second-order valence-electron chi connectivity index (χ2n) is 5.55. The van der Waals surface area contributed by atoms with Gasteiger partial charge in [0.25, 0.3) is 0 Å². The van der Waals surface area contributed by atoms with Gasteiger partial charge in [0.2, 0.25) is 5.95 Å². The number of rotatable bonds is 5. The molecule has 1 aromatic carbocycles. The van der Waals surface area contributed by atoms with Crippen LogP contribution in [0, 0.1) is 0 Å². The van der Waals surface area contributed by atoms with E-state index in [0.717, 1.165) is 11.6 Å². The maximum Gasteiger partial charge on any atom is 0.417 e. The third-order valence-electron chi connectivity index (χ3n) is 3.56. The summed E-state index contributed by atoms with van der Waals surface area (Å²) < 4.78 is 39.3. The second kappa shape index (κ2) is 7.91. The zero-order valence-corrected chi connectivity index (χ0v) is 15.8. The highest BCUT2D eigenvalue weighted by atomic mass is 79.9. The second-order valence-corrected chi connectivity index (χ2v) is 6.41. The van der Waals surface area contributed by atoms with Crippen LogP contribution in [0.15, 0.2) is 53.3 Å². The molecule has 0 bridgehead atoms. The fraction of sp³-hybridized carbons (Fsp3) is 0.167. The van der Waals surface area contributed by atoms with Crippen molar-refractivity contribution in [2.45, 2.75) is 13.1 Å². The maximum atomic E-state index is 13.1. The lowest BCUT2D eigenvalue weighted by Gasteiger charge is -2.13. The molecule has 0 fully saturated rings. The first-order valence-corrected chi connectivity index (χ1v) is 8.83. The predicted molar refractivity (Wildman–Crippen MR) is 102 cm³/mol. The monoisotopic (exact) mass is 437 g/mol. The van der Waals surface area contributed by atoms with Crippen LogP contribution in [0.3, 0.4) is 0 Å². The molecule has 3 rings (SSSR count). The SMILES string of the molecule is CCNc1nc(Nc2ccc(Br)c(C(F)(F)F)c2)cc(-c2cccnc2)n1. The van der Waals surface area contributed by atoms with Gasteiger partial charge in [-0.25, -0.2) is 4.98 Å². The summed E-state index contributed by atoms with van der Waals surface area (Å²) in [6.45, 7) is 2.50. The van der Waals surface area contributed by atoms with Gasteiger partial charge in [-0.1, -0.05) is 15.9 Å². The topological polar surface area (TPSA) is 62.7 Å². The summed E-state index contributed by atoms with van der Waals surface area (Å²) in [7, 11) is 0. The van der Waals surface area contributed by atoms with Gasteiger partial charge in [-0.05, 0) is 37.3 Å². The molecule has 0 aliphatic carbocycles. The van der Waals surface area contributed by atoms with Gasteiger partial charge in [0.05, 0.1) is 11.3 Å². The minimum Gasteiger partial charge on any atom is -0.354 e. The molecule has 27 heavy (non-hydrogen) atoms. The lowest BCUT2D eigenvalue weighted by Crippen LogP contribution is -2.08. The van der Waals surface area contributed by atoms with Crippen LogP contribution < -0.4 is 10.6 Å². The van der Waals surface area contributed by atoms with Crippen LogP contribution in [-0.4, -0.2) is 21.5 Å². The third-order valence-corrected chi connectivity index (χ3v) is 4.25. The summed E-state index contributed by atoms with van der Waals surface area (Å²) in [6, 6.07) is 9.20. The zero-order valence-electron chi connectivity index (χ0n) is 14.2. The van der Waals surface area contributed by atoms with Gasteiger partial charge in [-0.2, -0.15) is 18.2 Å². The van der Waals surface area contributed by atoms with E-state index in [9.17, 15) is 13.2 Å². The lowest BCUT2D eigenvalue weighted by molar-refractivity contribution is -0.138. The Labute approximate surface area is 162 Å². The van der Waals surface area contributed by atoms with Crippen molar-refractivity contribution in [2.24, 2.45) is 0 Å². The smallest absolute Gasteiger partial charge is 0.354 e. The predicted octanol–water partition coefficient (Wildman–Crippen LogP) is 5.50. The molecule has 0 radical (unpaired) electrons. The number of alkyl halides is 3. The Morgan fingerprint density at radius 3 is 2.59 bits per heavy atom. The highest BCUT2D eigenvalue weighted by molar-refractivity contribution is 9.10. The fourth-order valence-corrected chi connectivity index (χ4v) is 2.85. The molecule has 2 N–H and O–H groups in total. The highest BCUT2D eigenvalue weighted by Crippen LogP contribution is 2.37. The molecule has 0 atom stereocenters. The van der Waals surface area contributed by atoms with Crippen molar-refractivity contribution < 1.29 is 13.2 Å². The van der Waals surface area contributed by atoms with E-state index in [2.05, 4.69) is 41.5 Å². The summed E-state index contributed by atoms with van der Waals surface area (Å²) in [5, 5.41) is 5.94. The van der Waals surface area contributed by atoms with Crippen LogP contribution in [0.25, 0.3) is 11.3 Å². The molecule has 2 aromatic heterocycles. The van der Waals surface area contributed by atoms with E-state index in [1.807, 2.05) is 13.0 Å². The number of pyridine rings is 1. The summed E-state index contributed by atoms with van der Waals surface area (Å²) >= 11 is 2.94. The molecule has 9 heteroatoms. The van der Waals surface area contributed by atoms with Gasteiger partial charge < -0.3 is 10.6 Å². The van der Waals surface area contributed by atoms with Crippen molar-refractivity contribution >= 4 is 33.4 Å². The van der Waals surface area contributed by atoms with E-state index in [-0.39, 0.29) is 10.2 Å². The van der Waals surface area contributed by atoms with E-state index in [1.165, 1.54) is 12.1 Å². The van der Waals surface area contributed by atoms with Crippen molar-refractivity contribution in [2.75, 3.05) is 17.2 Å². The number of benzene rings is 1. The van der Waals surface area contributed by atoms with Crippen LogP contribution >= 0.6 is 15.9 Å². The Bertz CT molecular complexity index is 932. The fourth-order valence-electron chi connectivity index (χ4n) is 2.38. The van der Waals surface area contributed by atoms with Gasteiger partial charge in [0, 0.05) is 40.7 Å². The first-order valence-electron chi connectivity index (χ1n) is 8.04. The van der Waals surface area contributed by atoms with Crippen LogP contribution in [0.5, 0.6) is 0 Å². The molecule has 140 valence electrons. The molecule has 0 unspecified atom stereocenters. The Morgan fingerprint density at radius 2 is 1.93 bits per heavy atom. The van der Waals surface area contributed by atoms with Gasteiger partial charge in [0.15, 0.2) is 0 Å². The molecule has 3 aromatic rings. The molecular formula is C18H15BrF3N5. The van der Waals surface area contributed by atoms with Crippen LogP contribution in [-0.2, 0) is 6.18 Å². The highest BCUT2D eigenvalue weighted by Gasteiger charge is 2.33. The quantitative estimate of drug-likeness (QED) is 0.551. The average Bonchev–Trinajstić information content (AvgIpc) is 2.63. The van der Waals surface area contributed by atoms with Gasteiger partial charge in [-0.3, -0.25) is 4.98 Å². The first kappa shape index (κ1) is 19.1. The van der Waals surface area contributed by atoms with Crippen LogP contribution in [0.2, 0.25) is 0 Å². The molecule has 2 heterocycles. The lowest BCUT2D eigenvalue weighted by atomic mass is 10.2. The van der Waals surface area contributed by atoms with E-state index in [4.69, 9.17) is 0 Å². The normalized spacial score (nSPS) is 11.3. The molecule has 0 spiro atoms. The molecule has 0 aliphatic rings. The molecule has 0 aliphatic heterocycles. The molecule has 0 saturated carbocycles. The number of anilines is 3. The molecule has 0 amide bonds. The average molecular weight is 438 g/mol. The Balaban J connectivity index is 1.98. The van der Waals surface area contributed by atoms with Crippen molar-refractivity contribution in [1.82, 2.24) is 15.0 Å². The summed E-state index contributed by atoms with van der Waals surface area (Å²) in [5.74, 6) is 0.741. The largest absolute Gasteiger partial charge is 0.417 e. The van der Waals surface area contributed by atoms with E-state index >= 15 is 0 Å². The first-order chi connectivity index (χ1) is 12.9. The van der Waals surface area contributed by atoms with Crippen molar-refractivity contribution in [3.63, 3.8) is 0 Å². The standard InChI is InChI=1S/C18H15BrF3N5/c1-2-24-17-26-15(11-4-3-7-23-10-11)9-16(27-17)25-12-5-6-14(19)13(8-12)18(20,21)22/h3-10H,2H2,1H3,(H2,24,25,26,27). The summed E-state index contributed by atoms with van der Waals surface area (Å²) in [4.78, 5) is 12.8. The van der Waals surface area contributed by atoms with Crippen LogP contribution in [0.1, 0.15) is 12.5 Å².